The first kappa shape index (κ1) is 21.5. The largest absolute Gasteiger partial charge is 0.486 e. The van der Waals surface area contributed by atoms with E-state index in [1.807, 2.05) is 69.3 Å². The van der Waals surface area contributed by atoms with Crippen LogP contribution in [0.25, 0.3) is 0 Å². The molecule has 1 heterocycles. The van der Waals surface area contributed by atoms with Crippen LogP contribution in [-0.2, 0) is 11.3 Å². The molecule has 2 aromatic rings. The van der Waals surface area contributed by atoms with E-state index in [9.17, 15) is 9.59 Å². The minimum absolute atomic E-state index is 0.0695. The Labute approximate surface area is 177 Å². The summed E-state index contributed by atoms with van der Waals surface area (Å²) in [5, 5.41) is 8.57. The molecule has 2 aromatic carbocycles. The highest BCUT2D eigenvalue weighted by atomic mass is 16.6. The second-order valence-electron chi connectivity index (χ2n) is 7.67. The van der Waals surface area contributed by atoms with E-state index in [4.69, 9.17) is 9.47 Å². The second-order valence-corrected chi connectivity index (χ2v) is 7.67. The van der Waals surface area contributed by atoms with Gasteiger partial charge in [-0.3, -0.25) is 4.79 Å². The lowest BCUT2D eigenvalue weighted by Gasteiger charge is -2.25. The van der Waals surface area contributed by atoms with E-state index >= 15 is 0 Å². The Bertz CT molecular complexity index is 870. The lowest BCUT2D eigenvalue weighted by Crippen LogP contribution is -2.52. The minimum atomic E-state index is -0.652. The van der Waals surface area contributed by atoms with Crippen LogP contribution < -0.4 is 25.4 Å². The maximum atomic E-state index is 12.9. The molecule has 3 N–H and O–H groups in total. The molecule has 0 aromatic heterocycles. The van der Waals surface area contributed by atoms with Gasteiger partial charge in [0.1, 0.15) is 19.3 Å². The number of fused-ring (bicyclic) bond motifs is 1. The molecule has 2 unspecified atom stereocenters. The van der Waals surface area contributed by atoms with Crippen molar-refractivity contribution in [3.05, 3.63) is 59.7 Å². The number of amides is 3. The quantitative estimate of drug-likeness (QED) is 0.653. The van der Waals surface area contributed by atoms with Gasteiger partial charge in [0.2, 0.25) is 5.91 Å². The molecule has 1 aliphatic heterocycles. The Hall–Kier alpha value is -3.22. The number of benzene rings is 2. The van der Waals surface area contributed by atoms with Crippen LogP contribution in [0.4, 0.5) is 4.79 Å². The lowest BCUT2D eigenvalue weighted by molar-refractivity contribution is -0.124. The molecule has 0 radical (unpaired) electrons. The average molecular weight is 412 g/mol. The zero-order chi connectivity index (χ0) is 21.5. The summed E-state index contributed by atoms with van der Waals surface area (Å²) in [6, 6.07) is 14.0. The number of carbonyl (C=O) groups excluding carboxylic acids is 2. The topological polar surface area (TPSA) is 88.7 Å². The predicted molar refractivity (Wildman–Crippen MR) is 114 cm³/mol. The van der Waals surface area contributed by atoms with Crippen molar-refractivity contribution in [3.63, 3.8) is 0 Å². The molecule has 2 atom stereocenters. The minimum Gasteiger partial charge on any atom is -0.486 e. The molecule has 1 aliphatic rings. The Morgan fingerprint density at radius 2 is 1.63 bits per heavy atom. The number of urea groups is 1. The molecular formula is C23H29N3O4. The first-order valence-electron chi connectivity index (χ1n) is 10.2. The smallest absolute Gasteiger partial charge is 0.315 e. The maximum Gasteiger partial charge on any atom is 0.315 e. The zero-order valence-corrected chi connectivity index (χ0v) is 17.6. The van der Waals surface area contributed by atoms with Crippen LogP contribution in [0.1, 0.15) is 37.9 Å². The summed E-state index contributed by atoms with van der Waals surface area (Å²) in [7, 11) is 0. The number of rotatable bonds is 7. The monoisotopic (exact) mass is 411 g/mol. The van der Waals surface area contributed by atoms with Crippen LogP contribution in [0.15, 0.2) is 48.5 Å². The fraction of sp³-hybridized carbons (Fsp3) is 0.391. The van der Waals surface area contributed by atoms with Crippen molar-refractivity contribution in [3.8, 4) is 11.5 Å². The highest BCUT2D eigenvalue weighted by molar-refractivity contribution is 5.87. The van der Waals surface area contributed by atoms with Crippen LogP contribution in [0.3, 0.4) is 0 Å². The molecule has 3 amide bonds. The van der Waals surface area contributed by atoms with Crippen molar-refractivity contribution < 1.29 is 19.1 Å². The highest BCUT2D eigenvalue weighted by Crippen LogP contribution is 2.32. The first-order chi connectivity index (χ1) is 14.4. The summed E-state index contributed by atoms with van der Waals surface area (Å²) in [6.45, 7) is 7.14. The Morgan fingerprint density at radius 1 is 0.933 bits per heavy atom. The van der Waals surface area contributed by atoms with Gasteiger partial charge >= 0.3 is 6.03 Å². The first-order valence-corrected chi connectivity index (χ1v) is 10.2. The highest BCUT2D eigenvalue weighted by Gasteiger charge is 2.26. The molecular weight excluding hydrogens is 382 g/mol. The Balaban J connectivity index is 1.57. The third-order valence-corrected chi connectivity index (χ3v) is 4.96. The normalized spacial score (nSPS) is 14.5. The van der Waals surface area contributed by atoms with Gasteiger partial charge in [-0.2, -0.15) is 0 Å². The van der Waals surface area contributed by atoms with Crippen LogP contribution in [-0.4, -0.2) is 31.2 Å². The third kappa shape index (κ3) is 5.65. The molecule has 3 rings (SSSR count). The summed E-state index contributed by atoms with van der Waals surface area (Å²) in [4.78, 5) is 25.2. The van der Waals surface area contributed by atoms with Crippen molar-refractivity contribution in [2.45, 2.75) is 39.4 Å². The van der Waals surface area contributed by atoms with E-state index in [0.29, 0.717) is 31.3 Å². The van der Waals surface area contributed by atoms with Crippen LogP contribution in [0.2, 0.25) is 0 Å². The van der Waals surface area contributed by atoms with Gasteiger partial charge in [-0.15, -0.1) is 0 Å². The van der Waals surface area contributed by atoms with Crippen LogP contribution in [0.5, 0.6) is 11.5 Å². The summed E-state index contributed by atoms with van der Waals surface area (Å²) in [5.74, 6) is 1.08. The standard InChI is InChI=1S/C23H29N3O4/c1-15(2)21(26-23(28)24-14-17-7-5-4-6-8-17)22(27)25-16(3)18-9-10-19-20(13-18)30-12-11-29-19/h4-10,13,15-16,21H,11-12,14H2,1-3H3,(H,25,27)(H2,24,26,28). The summed E-state index contributed by atoms with van der Waals surface area (Å²) in [6.07, 6.45) is 0. The van der Waals surface area contributed by atoms with Gasteiger partial charge in [-0.25, -0.2) is 4.79 Å². The Morgan fingerprint density at radius 3 is 2.33 bits per heavy atom. The van der Waals surface area contributed by atoms with Crippen LogP contribution >= 0.6 is 0 Å². The van der Waals surface area contributed by atoms with Crippen molar-refractivity contribution in [1.29, 1.82) is 0 Å². The Kier molecular flexibility index (Phi) is 7.17. The van der Waals surface area contributed by atoms with Crippen molar-refractivity contribution in [2.24, 2.45) is 5.92 Å². The zero-order valence-electron chi connectivity index (χ0n) is 17.6. The average Bonchev–Trinajstić information content (AvgIpc) is 2.76. The molecule has 160 valence electrons. The molecule has 0 saturated carbocycles. The third-order valence-electron chi connectivity index (χ3n) is 4.96. The van der Waals surface area contributed by atoms with Crippen molar-refractivity contribution in [1.82, 2.24) is 16.0 Å². The molecule has 0 spiro atoms. The second kappa shape index (κ2) is 10.0. The summed E-state index contributed by atoms with van der Waals surface area (Å²) in [5.41, 5.74) is 1.90. The van der Waals surface area contributed by atoms with E-state index in [1.54, 1.807) is 0 Å². The number of hydrogen-bond acceptors (Lipinski definition) is 4. The van der Waals surface area contributed by atoms with Gasteiger partial charge in [0, 0.05) is 6.54 Å². The number of hydrogen-bond donors (Lipinski definition) is 3. The van der Waals surface area contributed by atoms with Gasteiger partial charge in [-0.1, -0.05) is 50.2 Å². The van der Waals surface area contributed by atoms with E-state index in [2.05, 4.69) is 16.0 Å². The molecule has 7 heteroatoms. The van der Waals surface area contributed by atoms with Gasteiger partial charge in [0.05, 0.1) is 6.04 Å². The van der Waals surface area contributed by atoms with Gasteiger partial charge in [0.15, 0.2) is 11.5 Å². The molecule has 0 bridgehead atoms. The van der Waals surface area contributed by atoms with Crippen molar-refractivity contribution in [2.75, 3.05) is 13.2 Å². The molecule has 0 saturated heterocycles. The van der Waals surface area contributed by atoms with E-state index in [-0.39, 0.29) is 23.9 Å². The van der Waals surface area contributed by atoms with Gasteiger partial charge in [-0.05, 0) is 36.1 Å². The molecule has 0 aliphatic carbocycles. The summed E-state index contributed by atoms with van der Waals surface area (Å²) < 4.78 is 11.2. The van der Waals surface area contributed by atoms with E-state index in [0.717, 1.165) is 11.1 Å². The number of nitrogens with one attached hydrogen (secondary N) is 3. The molecule has 0 fully saturated rings. The van der Waals surface area contributed by atoms with Crippen LogP contribution in [0, 0.1) is 5.92 Å². The number of ether oxygens (including phenoxy) is 2. The fourth-order valence-electron chi connectivity index (χ4n) is 3.22. The molecule has 7 nitrogen and oxygen atoms in total. The van der Waals surface area contributed by atoms with Gasteiger partial charge < -0.3 is 25.4 Å². The van der Waals surface area contributed by atoms with Gasteiger partial charge in [0.25, 0.3) is 0 Å². The number of carbonyl (C=O) groups is 2. The predicted octanol–water partition coefficient (Wildman–Crippen LogP) is 3.16. The molecule has 30 heavy (non-hydrogen) atoms. The maximum absolute atomic E-state index is 12.9. The fourth-order valence-corrected chi connectivity index (χ4v) is 3.22. The summed E-state index contributed by atoms with van der Waals surface area (Å²) >= 11 is 0. The lowest BCUT2D eigenvalue weighted by atomic mass is 10.0. The van der Waals surface area contributed by atoms with Crippen molar-refractivity contribution >= 4 is 11.9 Å². The van der Waals surface area contributed by atoms with E-state index < -0.39 is 6.04 Å². The SMILES string of the molecule is CC(NC(=O)C(NC(=O)NCc1ccccc1)C(C)C)c1ccc2c(c1)OCCO2. The van der Waals surface area contributed by atoms with E-state index in [1.165, 1.54) is 0 Å².